The zero-order chi connectivity index (χ0) is 18.1. The van der Waals surface area contributed by atoms with Gasteiger partial charge in [-0.25, -0.2) is 9.37 Å². The molecule has 4 heterocycles. The largest absolute Gasteiger partial charge is 0.381 e. The fourth-order valence-electron chi connectivity index (χ4n) is 3.69. The van der Waals surface area contributed by atoms with Gasteiger partial charge in [0.15, 0.2) is 5.65 Å². The predicted octanol–water partition coefficient (Wildman–Crippen LogP) is 1.50. The zero-order valence-electron chi connectivity index (χ0n) is 14.9. The number of halogens is 1. The van der Waals surface area contributed by atoms with Crippen molar-refractivity contribution in [2.75, 3.05) is 37.7 Å². The molecule has 1 unspecified atom stereocenters. The van der Waals surface area contributed by atoms with Crippen LogP contribution < -0.4 is 10.2 Å². The number of carbonyl (C=O) groups is 1. The summed E-state index contributed by atoms with van der Waals surface area (Å²) in [6.07, 6.45) is 3.19. The number of amides is 1. The highest BCUT2D eigenvalue weighted by molar-refractivity contribution is 5.79. The topological polar surface area (TPSA) is 71.8 Å². The third kappa shape index (κ3) is 3.38. The molecule has 0 bridgehead atoms. The number of nitrogens with one attached hydrogen (secondary N) is 1. The lowest BCUT2D eigenvalue weighted by molar-refractivity contribution is -0.125. The molecule has 0 aromatic carbocycles. The molecule has 0 saturated carbocycles. The molecule has 140 valence electrons. The van der Waals surface area contributed by atoms with Crippen molar-refractivity contribution < 1.29 is 13.9 Å². The predicted molar refractivity (Wildman–Crippen MR) is 94.9 cm³/mol. The minimum absolute atomic E-state index is 0.0721. The summed E-state index contributed by atoms with van der Waals surface area (Å²) in [6.45, 7) is 4.24. The lowest BCUT2D eigenvalue weighted by atomic mass is 9.93. The number of aromatic nitrogens is 3. The summed E-state index contributed by atoms with van der Waals surface area (Å²) in [5, 5.41) is 7.11. The average Bonchev–Trinajstić information content (AvgIpc) is 3.31. The van der Waals surface area contributed by atoms with Crippen LogP contribution >= 0.6 is 0 Å². The van der Waals surface area contributed by atoms with Gasteiger partial charge in [-0.2, -0.15) is 9.61 Å². The summed E-state index contributed by atoms with van der Waals surface area (Å²) in [4.78, 5) is 18.7. The Kier molecular flexibility index (Phi) is 4.52. The highest BCUT2D eigenvalue weighted by Gasteiger charge is 2.36. The van der Waals surface area contributed by atoms with Crippen LogP contribution in [-0.2, 0) is 9.53 Å². The second-order valence-corrected chi connectivity index (χ2v) is 7.27. The van der Waals surface area contributed by atoms with Crippen molar-refractivity contribution in [3.63, 3.8) is 0 Å². The second kappa shape index (κ2) is 6.83. The van der Waals surface area contributed by atoms with Crippen LogP contribution in [0.2, 0.25) is 0 Å². The quantitative estimate of drug-likeness (QED) is 0.894. The maximum atomic E-state index is 15.1. The van der Waals surface area contributed by atoms with Crippen LogP contribution in [-0.4, -0.2) is 59.0 Å². The van der Waals surface area contributed by atoms with Crippen LogP contribution in [0.25, 0.3) is 5.65 Å². The van der Waals surface area contributed by atoms with Crippen LogP contribution in [0, 0.1) is 12.8 Å². The van der Waals surface area contributed by atoms with Gasteiger partial charge in [0.1, 0.15) is 11.5 Å². The number of alkyl halides is 1. The van der Waals surface area contributed by atoms with Gasteiger partial charge in [0, 0.05) is 50.4 Å². The van der Waals surface area contributed by atoms with Crippen molar-refractivity contribution in [1.29, 1.82) is 0 Å². The van der Waals surface area contributed by atoms with E-state index in [1.165, 1.54) is 0 Å². The number of nitrogens with zero attached hydrogens (tertiary/aromatic N) is 4. The Bertz CT molecular complexity index is 794. The molecule has 1 atom stereocenters. The Morgan fingerprint density at radius 3 is 3.00 bits per heavy atom. The van der Waals surface area contributed by atoms with E-state index in [1.807, 2.05) is 19.1 Å². The monoisotopic (exact) mass is 361 g/mol. The molecule has 2 aliphatic heterocycles. The Morgan fingerprint density at radius 1 is 1.46 bits per heavy atom. The smallest absolute Gasteiger partial charge is 0.225 e. The Morgan fingerprint density at radius 2 is 2.27 bits per heavy atom. The molecular formula is C18H24FN5O2. The Hall–Kier alpha value is -2.22. The standard InChI is InChI=1S/C18H24FN5O2/c1-13-10-16(24-15(22-13)2-6-21-24)23-7-4-18(19,5-8-23)12-20-17(25)14-3-9-26-11-14/h2,6,10,14H,3-5,7-9,11-12H2,1H3,(H,20,25). The van der Waals surface area contributed by atoms with Gasteiger partial charge in [0.05, 0.1) is 25.3 Å². The van der Waals surface area contributed by atoms with E-state index in [-0.39, 0.29) is 18.4 Å². The number of fused-ring (bicyclic) bond motifs is 1. The van der Waals surface area contributed by atoms with Gasteiger partial charge in [0.2, 0.25) is 5.91 Å². The molecule has 7 nitrogen and oxygen atoms in total. The van der Waals surface area contributed by atoms with E-state index in [4.69, 9.17) is 4.74 Å². The molecule has 26 heavy (non-hydrogen) atoms. The van der Waals surface area contributed by atoms with Crippen LogP contribution in [0.4, 0.5) is 10.2 Å². The van der Waals surface area contributed by atoms with E-state index >= 15 is 4.39 Å². The van der Waals surface area contributed by atoms with Crippen LogP contribution in [0.15, 0.2) is 18.3 Å². The van der Waals surface area contributed by atoms with E-state index in [0.29, 0.717) is 39.1 Å². The first-order chi connectivity index (χ1) is 12.5. The summed E-state index contributed by atoms with van der Waals surface area (Å²) in [7, 11) is 0. The van der Waals surface area contributed by atoms with E-state index in [0.717, 1.165) is 23.6 Å². The molecule has 0 aliphatic carbocycles. The third-order valence-electron chi connectivity index (χ3n) is 5.33. The molecule has 8 heteroatoms. The lowest BCUT2D eigenvalue weighted by Crippen LogP contribution is -2.49. The van der Waals surface area contributed by atoms with Gasteiger partial charge in [-0.3, -0.25) is 4.79 Å². The highest BCUT2D eigenvalue weighted by atomic mass is 19.1. The van der Waals surface area contributed by atoms with Gasteiger partial charge in [-0.15, -0.1) is 0 Å². The number of aryl methyl sites for hydroxylation is 1. The van der Waals surface area contributed by atoms with Crippen molar-refractivity contribution in [1.82, 2.24) is 19.9 Å². The molecule has 2 aromatic heterocycles. The summed E-state index contributed by atoms with van der Waals surface area (Å²) in [6, 6.07) is 3.84. The van der Waals surface area contributed by atoms with Crippen molar-refractivity contribution >= 4 is 17.4 Å². The number of hydrogen-bond donors (Lipinski definition) is 1. The SMILES string of the molecule is Cc1cc(N2CCC(F)(CNC(=O)C3CCOC3)CC2)n2nccc2n1. The first kappa shape index (κ1) is 17.2. The fourth-order valence-corrected chi connectivity index (χ4v) is 3.69. The van der Waals surface area contributed by atoms with Crippen molar-refractivity contribution in [3.8, 4) is 0 Å². The molecular weight excluding hydrogens is 337 g/mol. The second-order valence-electron chi connectivity index (χ2n) is 7.27. The summed E-state index contributed by atoms with van der Waals surface area (Å²) in [5.41, 5.74) is 0.343. The number of hydrogen-bond acceptors (Lipinski definition) is 5. The van der Waals surface area contributed by atoms with Crippen LogP contribution in [0.3, 0.4) is 0 Å². The fraction of sp³-hybridized carbons (Fsp3) is 0.611. The summed E-state index contributed by atoms with van der Waals surface area (Å²) >= 11 is 0. The van der Waals surface area contributed by atoms with Gasteiger partial charge in [-0.05, 0) is 13.3 Å². The average molecular weight is 361 g/mol. The number of rotatable bonds is 4. The van der Waals surface area contributed by atoms with Crippen LogP contribution in [0.5, 0.6) is 0 Å². The van der Waals surface area contributed by atoms with Gasteiger partial charge in [0.25, 0.3) is 0 Å². The molecule has 2 fully saturated rings. The summed E-state index contributed by atoms with van der Waals surface area (Å²) < 4.78 is 22.1. The maximum absolute atomic E-state index is 15.1. The van der Waals surface area contributed by atoms with Gasteiger partial charge >= 0.3 is 0 Å². The molecule has 2 saturated heterocycles. The molecule has 2 aliphatic rings. The first-order valence-electron chi connectivity index (χ1n) is 9.15. The van der Waals surface area contributed by atoms with Crippen molar-refractivity contribution in [2.24, 2.45) is 5.92 Å². The molecule has 2 aromatic rings. The Labute approximate surface area is 151 Å². The van der Waals surface area contributed by atoms with Gasteiger partial charge in [-0.1, -0.05) is 0 Å². The molecule has 4 rings (SSSR count). The zero-order valence-corrected chi connectivity index (χ0v) is 14.9. The molecule has 1 N–H and O–H groups in total. The van der Waals surface area contributed by atoms with Crippen molar-refractivity contribution in [2.45, 2.75) is 31.9 Å². The van der Waals surface area contributed by atoms with E-state index in [9.17, 15) is 4.79 Å². The third-order valence-corrected chi connectivity index (χ3v) is 5.33. The number of anilines is 1. The van der Waals surface area contributed by atoms with Crippen LogP contribution in [0.1, 0.15) is 25.0 Å². The maximum Gasteiger partial charge on any atom is 0.225 e. The number of carbonyl (C=O) groups excluding carboxylic acids is 1. The minimum Gasteiger partial charge on any atom is -0.381 e. The normalized spacial score (nSPS) is 22.7. The molecule has 0 spiro atoms. The molecule has 0 radical (unpaired) electrons. The Balaban J connectivity index is 1.38. The molecule has 1 amide bonds. The first-order valence-corrected chi connectivity index (χ1v) is 9.15. The summed E-state index contributed by atoms with van der Waals surface area (Å²) in [5.74, 6) is 0.711. The lowest BCUT2D eigenvalue weighted by Gasteiger charge is -2.37. The van der Waals surface area contributed by atoms with Gasteiger partial charge < -0.3 is 15.0 Å². The highest BCUT2D eigenvalue weighted by Crippen LogP contribution is 2.29. The number of ether oxygens (including phenoxy) is 1. The van der Waals surface area contributed by atoms with E-state index in [1.54, 1.807) is 10.7 Å². The van der Waals surface area contributed by atoms with E-state index in [2.05, 4.69) is 20.3 Å². The van der Waals surface area contributed by atoms with Crippen molar-refractivity contribution in [3.05, 3.63) is 24.0 Å². The number of piperidine rings is 1. The minimum atomic E-state index is -1.36. The van der Waals surface area contributed by atoms with E-state index < -0.39 is 5.67 Å².